The molecule has 2 rings (SSSR count). The van der Waals surface area contributed by atoms with Crippen LogP contribution in [-0.2, 0) is 11.3 Å². The van der Waals surface area contributed by atoms with Crippen molar-refractivity contribution in [3.63, 3.8) is 0 Å². The summed E-state index contributed by atoms with van der Waals surface area (Å²) in [6.07, 6.45) is -1.19. The van der Waals surface area contributed by atoms with E-state index in [0.717, 1.165) is 4.90 Å². The fraction of sp³-hybridized carbons (Fsp3) is 0.333. The number of hydrogen-bond acceptors (Lipinski definition) is 4. The lowest BCUT2D eigenvalue weighted by Gasteiger charge is -2.20. The number of carbonyl (C=O) groups excluding carboxylic acids is 1. The fourth-order valence-corrected chi connectivity index (χ4v) is 2.18. The minimum atomic E-state index is -1.19. The number of non-ortho nitro benzene ring substituents is 1. The van der Waals surface area contributed by atoms with Crippen molar-refractivity contribution in [2.75, 3.05) is 18.0 Å². The summed E-state index contributed by atoms with van der Waals surface area (Å²) in [7, 11) is 0. The second kappa shape index (κ2) is 5.16. The van der Waals surface area contributed by atoms with Gasteiger partial charge in [0.2, 0.25) is 5.91 Å². The highest BCUT2D eigenvalue weighted by atomic mass is 16.6. The van der Waals surface area contributed by atoms with Crippen LogP contribution >= 0.6 is 0 Å². The molecule has 1 aliphatic heterocycles. The van der Waals surface area contributed by atoms with Crippen molar-refractivity contribution in [3.05, 3.63) is 33.9 Å². The van der Waals surface area contributed by atoms with Gasteiger partial charge in [-0.25, -0.2) is 4.79 Å². The predicted octanol–water partition coefficient (Wildman–Crippen LogP) is 1.44. The molecule has 8 heteroatoms. The summed E-state index contributed by atoms with van der Waals surface area (Å²) in [5.74, 6) is -0.394. The third kappa shape index (κ3) is 2.40. The molecular formula is C12H13N3O5. The molecule has 0 aromatic heterocycles. The Kier molecular flexibility index (Phi) is 3.55. The minimum absolute atomic E-state index is 0.0326. The van der Waals surface area contributed by atoms with E-state index in [9.17, 15) is 19.7 Å². The van der Waals surface area contributed by atoms with Crippen molar-refractivity contribution >= 4 is 23.4 Å². The van der Waals surface area contributed by atoms with E-state index in [0.29, 0.717) is 17.8 Å². The van der Waals surface area contributed by atoms with E-state index in [2.05, 4.69) is 0 Å². The summed E-state index contributed by atoms with van der Waals surface area (Å²) in [5, 5.41) is 19.9. The van der Waals surface area contributed by atoms with E-state index in [4.69, 9.17) is 5.11 Å². The van der Waals surface area contributed by atoms with Crippen molar-refractivity contribution < 1.29 is 19.6 Å². The van der Waals surface area contributed by atoms with E-state index in [1.54, 1.807) is 6.92 Å². The van der Waals surface area contributed by atoms with Crippen LogP contribution in [0.4, 0.5) is 16.2 Å². The molecular weight excluding hydrogens is 266 g/mol. The number of nitrogens with zero attached hydrogens (tertiary/aromatic N) is 3. The first kappa shape index (κ1) is 13.8. The van der Waals surface area contributed by atoms with Crippen LogP contribution < -0.4 is 4.90 Å². The van der Waals surface area contributed by atoms with Gasteiger partial charge in [-0.15, -0.1) is 0 Å². The molecule has 106 valence electrons. The van der Waals surface area contributed by atoms with Crippen molar-refractivity contribution in [2.24, 2.45) is 0 Å². The minimum Gasteiger partial charge on any atom is -0.465 e. The monoisotopic (exact) mass is 279 g/mol. The Morgan fingerprint density at radius 1 is 1.45 bits per heavy atom. The Balaban J connectivity index is 2.53. The summed E-state index contributed by atoms with van der Waals surface area (Å²) in [6.45, 7) is 1.83. The zero-order chi connectivity index (χ0) is 14.9. The summed E-state index contributed by atoms with van der Waals surface area (Å²) < 4.78 is 0. The summed E-state index contributed by atoms with van der Waals surface area (Å²) in [6, 6.07) is 4.11. The number of benzene rings is 1. The number of nitro groups is 1. The molecule has 20 heavy (non-hydrogen) atoms. The molecule has 1 N–H and O–H groups in total. The normalized spacial score (nSPS) is 14.8. The molecule has 1 aliphatic rings. The Hall–Kier alpha value is -2.64. The fourth-order valence-electron chi connectivity index (χ4n) is 2.18. The van der Waals surface area contributed by atoms with E-state index in [1.807, 2.05) is 0 Å². The molecule has 0 unspecified atom stereocenters. The molecule has 2 amide bonds. The molecule has 0 radical (unpaired) electrons. The molecule has 0 bridgehead atoms. The van der Waals surface area contributed by atoms with Gasteiger partial charge >= 0.3 is 6.09 Å². The standard InChI is InChI=1S/C12H13N3O5/c1-2-14-10-5-9(15(19)20)4-3-8(10)6-13(12(17)18)7-11(14)16/h3-5H,2,6-7H2,1H3,(H,17,18). The quantitative estimate of drug-likeness (QED) is 0.651. The molecule has 0 aliphatic carbocycles. The maximum Gasteiger partial charge on any atom is 0.408 e. The first-order valence-corrected chi connectivity index (χ1v) is 5.99. The third-order valence-corrected chi connectivity index (χ3v) is 3.15. The van der Waals surface area contributed by atoms with E-state index >= 15 is 0 Å². The summed E-state index contributed by atoms with van der Waals surface area (Å²) >= 11 is 0. The van der Waals surface area contributed by atoms with E-state index in [1.165, 1.54) is 23.1 Å². The van der Waals surface area contributed by atoms with Gasteiger partial charge in [-0.3, -0.25) is 19.8 Å². The zero-order valence-corrected chi connectivity index (χ0v) is 10.8. The van der Waals surface area contributed by atoms with Gasteiger partial charge in [-0.05, 0) is 18.6 Å². The molecule has 0 saturated carbocycles. The lowest BCUT2D eigenvalue weighted by atomic mass is 10.1. The summed E-state index contributed by atoms with van der Waals surface area (Å²) in [4.78, 5) is 35.8. The zero-order valence-electron chi connectivity index (χ0n) is 10.8. The van der Waals surface area contributed by atoms with Crippen molar-refractivity contribution in [2.45, 2.75) is 13.5 Å². The highest BCUT2D eigenvalue weighted by Gasteiger charge is 2.29. The molecule has 1 aromatic carbocycles. The third-order valence-electron chi connectivity index (χ3n) is 3.15. The topological polar surface area (TPSA) is 104 Å². The van der Waals surface area contributed by atoms with Gasteiger partial charge in [-0.2, -0.15) is 0 Å². The van der Waals surface area contributed by atoms with Gasteiger partial charge in [-0.1, -0.05) is 0 Å². The van der Waals surface area contributed by atoms with Crippen molar-refractivity contribution in [1.29, 1.82) is 0 Å². The van der Waals surface area contributed by atoms with Crippen molar-refractivity contribution in [3.8, 4) is 0 Å². The average Bonchev–Trinajstić information content (AvgIpc) is 2.53. The smallest absolute Gasteiger partial charge is 0.408 e. The number of hydrogen-bond donors (Lipinski definition) is 1. The number of amides is 2. The Bertz CT molecular complexity index is 586. The number of carbonyl (C=O) groups is 2. The maximum atomic E-state index is 12.1. The number of anilines is 1. The molecule has 8 nitrogen and oxygen atoms in total. The Labute approximate surface area is 114 Å². The van der Waals surface area contributed by atoms with Crippen LogP contribution in [0, 0.1) is 10.1 Å². The Morgan fingerprint density at radius 3 is 2.70 bits per heavy atom. The molecule has 1 aromatic rings. The van der Waals surface area contributed by atoms with Crippen LogP contribution in [0.15, 0.2) is 18.2 Å². The largest absolute Gasteiger partial charge is 0.465 e. The number of likely N-dealkylation sites (N-methyl/N-ethyl adjacent to an activating group) is 1. The number of carboxylic acid groups (broad SMARTS) is 1. The molecule has 0 spiro atoms. The van der Waals surface area contributed by atoms with Gasteiger partial charge in [0.15, 0.2) is 0 Å². The lowest BCUT2D eigenvalue weighted by molar-refractivity contribution is -0.384. The lowest BCUT2D eigenvalue weighted by Crippen LogP contribution is -2.39. The molecule has 0 saturated heterocycles. The van der Waals surface area contributed by atoms with Gasteiger partial charge in [0.05, 0.1) is 17.2 Å². The Morgan fingerprint density at radius 2 is 2.15 bits per heavy atom. The second-order valence-electron chi connectivity index (χ2n) is 4.35. The summed E-state index contributed by atoms with van der Waals surface area (Å²) in [5.41, 5.74) is 0.847. The van der Waals surface area contributed by atoms with Crippen LogP contribution in [0.3, 0.4) is 0 Å². The van der Waals surface area contributed by atoms with Gasteiger partial charge in [0.25, 0.3) is 5.69 Å². The van der Waals surface area contributed by atoms with Crippen LogP contribution in [-0.4, -0.2) is 40.0 Å². The van der Waals surface area contributed by atoms with Gasteiger partial charge in [0.1, 0.15) is 6.54 Å². The first-order valence-electron chi connectivity index (χ1n) is 5.99. The predicted molar refractivity (Wildman–Crippen MR) is 69.6 cm³/mol. The van der Waals surface area contributed by atoms with Gasteiger partial charge in [0, 0.05) is 18.7 Å². The van der Waals surface area contributed by atoms with E-state index < -0.39 is 16.9 Å². The van der Waals surface area contributed by atoms with Crippen LogP contribution in [0.1, 0.15) is 12.5 Å². The highest BCUT2D eigenvalue weighted by Crippen LogP contribution is 2.29. The number of fused-ring (bicyclic) bond motifs is 1. The number of rotatable bonds is 2. The second-order valence-corrected chi connectivity index (χ2v) is 4.35. The molecule has 1 heterocycles. The van der Waals surface area contributed by atoms with Crippen LogP contribution in [0.2, 0.25) is 0 Å². The number of nitro benzene ring substituents is 1. The van der Waals surface area contributed by atoms with Gasteiger partial charge < -0.3 is 10.0 Å². The SMILES string of the molecule is CCN1C(=O)CN(C(=O)O)Cc2ccc([N+](=O)[O-])cc21. The van der Waals surface area contributed by atoms with Crippen LogP contribution in [0.25, 0.3) is 0 Å². The average molecular weight is 279 g/mol. The van der Waals surface area contributed by atoms with Crippen LogP contribution in [0.5, 0.6) is 0 Å². The highest BCUT2D eigenvalue weighted by molar-refractivity contribution is 5.98. The van der Waals surface area contributed by atoms with E-state index in [-0.39, 0.29) is 18.8 Å². The molecule has 0 atom stereocenters. The molecule has 0 fully saturated rings. The maximum absolute atomic E-state index is 12.1. The van der Waals surface area contributed by atoms with Crippen molar-refractivity contribution in [1.82, 2.24) is 4.90 Å². The first-order chi connectivity index (χ1) is 9.43.